The van der Waals surface area contributed by atoms with Crippen molar-refractivity contribution in [3.05, 3.63) is 35.4 Å². The Kier molecular flexibility index (Phi) is 4.19. The van der Waals surface area contributed by atoms with Crippen LogP contribution in [0.15, 0.2) is 24.3 Å². The topological polar surface area (TPSA) is 29.3 Å². The van der Waals surface area contributed by atoms with Crippen LogP contribution < -0.4 is 5.73 Å². The number of rotatable bonds is 4. The van der Waals surface area contributed by atoms with Crippen molar-refractivity contribution in [2.24, 2.45) is 11.7 Å². The predicted octanol–water partition coefficient (Wildman–Crippen LogP) is 2.42. The number of nitrogens with two attached hydrogens (primary N) is 1. The van der Waals surface area contributed by atoms with Gasteiger partial charge in [-0.2, -0.15) is 0 Å². The van der Waals surface area contributed by atoms with Crippen molar-refractivity contribution in [1.82, 2.24) is 4.90 Å². The summed E-state index contributed by atoms with van der Waals surface area (Å²) in [6, 6.07) is 9.13. The summed E-state index contributed by atoms with van der Waals surface area (Å²) >= 11 is 0. The molecule has 0 spiro atoms. The molecule has 0 saturated carbocycles. The molecule has 0 bridgehead atoms. The lowest BCUT2D eigenvalue weighted by Gasteiger charge is -2.30. The van der Waals surface area contributed by atoms with E-state index in [2.05, 4.69) is 43.0 Å². The maximum atomic E-state index is 6.10. The predicted molar refractivity (Wildman–Crippen MR) is 72.9 cm³/mol. The smallest absolute Gasteiger partial charge is 0.0236 e. The first kappa shape index (κ1) is 12.6. The molecule has 94 valence electrons. The molecule has 1 heterocycles. The van der Waals surface area contributed by atoms with E-state index in [1.807, 2.05) is 0 Å². The molecule has 2 heteroatoms. The van der Waals surface area contributed by atoms with Gasteiger partial charge < -0.3 is 5.73 Å². The largest absolute Gasteiger partial charge is 0.327 e. The maximum absolute atomic E-state index is 6.10. The summed E-state index contributed by atoms with van der Waals surface area (Å²) < 4.78 is 0. The number of fused-ring (bicyclic) bond motifs is 1. The summed E-state index contributed by atoms with van der Waals surface area (Å²) in [6.07, 6.45) is 2.30. The average Bonchev–Trinajstić information content (AvgIpc) is 2.35. The number of nitrogens with zero attached hydrogens (tertiary/aromatic N) is 1. The van der Waals surface area contributed by atoms with E-state index in [4.69, 9.17) is 5.73 Å². The van der Waals surface area contributed by atoms with E-state index in [1.54, 1.807) is 0 Å². The molecule has 2 nitrogen and oxygen atoms in total. The molecule has 0 saturated heterocycles. The Bertz CT molecular complexity index is 360. The summed E-state index contributed by atoms with van der Waals surface area (Å²) in [5.74, 6) is 0.590. The van der Waals surface area contributed by atoms with Crippen molar-refractivity contribution in [1.29, 1.82) is 0 Å². The van der Waals surface area contributed by atoms with Crippen LogP contribution in [-0.4, -0.2) is 24.0 Å². The van der Waals surface area contributed by atoms with Crippen LogP contribution in [0.1, 0.15) is 31.4 Å². The van der Waals surface area contributed by atoms with Crippen LogP contribution in [0.2, 0.25) is 0 Å². The highest BCUT2D eigenvalue weighted by Gasteiger charge is 2.16. The van der Waals surface area contributed by atoms with Gasteiger partial charge in [-0.15, -0.1) is 0 Å². The van der Waals surface area contributed by atoms with E-state index in [0.29, 0.717) is 12.0 Å². The molecule has 0 radical (unpaired) electrons. The van der Waals surface area contributed by atoms with Crippen molar-refractivity contribution in [3.8, 4) is 0 Å². The first-order valence-electron chi connectivity index (χ1n) is 6.71. The molecule has 1 aromatic carbocycles. The van der Waals surface area contributed by atoms with E-state index in [9.17, 15) is 0 Å². The van der Waals surface area contributed by atoms with Crippen LogP contribution in [0.3, 0.4) is 0 Å². The van der Waals surface area contributed by atoms with Gasteiger partial charge in [0.15, 0.2) is 0 Å². The monoisotopic (exact) mass is 232 g/mol. The minimum Gasteiger partial charge on any atom is -0.327 e. The summed E-state index contributed by atoms with van der Waals surface area (Å²) in [4.78, 5) is 2.53. The number of benzene rings is 1. The van der Waals surface area contributed by atoms with Crippen molar-refractivity contribution in [3.63, 3.8) is 0 Å². The zero-order chi connectivity index (χ0) is 12.3. The molecule has 1 aromatic rings. The summed E-state index contributed by atoms with van der Waals surface area (Å²) in [7, 11) is 0. The van der Waals surface area contributed by atoms with Gasteiger partial charge in [-0.1, -0.05) is 38.1 Å². The third-order valence-electron chi connectivity index (χ3n) is 3.84. The van der Waals surface area contributed by atoms with Crippen molar-refractivity contribution in [2.75, 3.05) is 13.1 Å². The molecule has 1 aliphatic rings. The fourth-order valence-corrected chi connectivity index (χ4v) is 2.41. The Balaban J connectivity index is 1.86. The number of hydrogen-bond donors (Lipinski definition) is 1. The lowest BCUT2D eigenvalue weighted by Crippen LogP contribution is -2.36. The fraction of sp³-hybridized carbons (Fsp3) is 0.600. The third-order valence-corrected chi connectivity index (χ3v) is 3.84. The van der Waals surface area contributed by atoms with Crippen LogP contribution in [-0.2, 0) is 13.0 Å². The molecular weight excluding hydrogens is 208 g/mol. The molecule has 1 atom stereocenters. The normalized spacial score (nSPS) is 18.1. The van der Waals surface area contributed by atoms with E-state index in [-0.39, 0.29) is 0 Å². The van der Waals surface area contributed by atoms with Crippen LogP contribution in [0.5, 0.6) is 0 Å². The molecule has 2 N–H and O–H groups in total. The zero-order valence-electron chi connectivity index (χ0n) is 11.0. The maximum Gasteiger partial charge on any atom is 0.0236 e. The van der Waals surface area contributed by atoms with E-state index in [0.717, 1.165) is 19.5 Å². The van der Waals surface area contributed by atoms with Gasteiger partial charge in [-0.3, -0.25) is 4.90 Å². The van der Waals surface area contributed by atoms with Gasteiger partial charge in [0.05, 0.1) is 0 Å². The van der Waals surface area contributed by atoms with Crippen LogP contribution in [0.25, 0.3) is 0 Å². The molecule has 17 heavy (non-hydrogen) atoms. The van der Waals surface area contributed by atoms with E-state index < -0.39 is 0 Å². The second kappa shape index (κ2) is 5.65. The first-order chi connectivity index (χ1) is 8.16. The van der Waals surface area contributed by atoms with E-state index in [1.165, 1.54) is 24.1 Å². The van der Waals surface area contributed by atoms with Gasteiger partial charge in [0, 0.05) is 19.1 Å². The zero-order valence-corrected chi connectivity index (χ0v) is 11.0. The Morgan fingerprint density at radius 2 is 1.94 bits per heavy atom. The van der Waals surface area contributed by atoms with Crippen LogP contribution in [0.4, 0.5) is 0 Å². The summed E-state index contributed by atoms with van der Waals surface area (Å²) in [5.41, 5.74) is 9.12. The lowest BCUT2D eigenvalue weighted by molar-refractivity contribution is 0.237. The van der Waals surface area contributed by atoms with Gasteiger partial charge in [0.2, 0.25) is 0 Å². The Labute approximate surface area is 105 Å². The second-order valence-electron chi connectivity index (χ2n) is 5.49. The second-order valence-corrected chi connectivity index (χ2v) is 5.49. The standard InChI is InChI=1S/C15H24N2/c1-12(2)15(16)8-10-17-9-7-13-5-3-4-6-14(13)11-17/h3-6,12,15H,7-11,16H2,1-2H3/t15-/m0/s1. The van der Waals surface area contributed by atoms with Crippen molar-refractivity contribution in [2.45, 2.75) is 39.3 Å². The van der Waals surface area contributed by atoms with Crippen LogP contribution in [0, 0.1) is 5.92 Å². The minimum absolute atomic E-state index is 0.340. The molecule has 0 aliphatic carbocycles. The molecule has 0 aromatic heterocycles. The minimum atomic E-state index is 0.340. The Morgan fingerprint density at radius 3 is 2.65 bits per heavy atom. The highest BCUT2D eigenvalue weighted by molar-refractivity contribution is 5.28. The van der Waals surface area contributed by atoms with Crippen molar-refractivity contribution < 1.29 is 0 Å². The highest BCUT2D eigenvalue weighted by Crippen LogP contribution is 2.18. The van der Waals surface area contributed by atoms with Gasteiger partial charge in [0.1, 0.15) is 0 Å². The van der Waals surface area contributed by atoms with Gasteiger partial charge in [-0.25, -0.2) is 0 Å². The average molecular weight is 232 g/mol. The molecule has 0 unspecified atom stereocenters. The third kappa shape index (κ3) is 3.30. The molecule has 2 rings (SSSR count). The van der Waals surface area contributed by atoms with Gasteiger partial charge in [-0.05, 0) is 36.4 Å². The lowest BCUT2D eigenvalue weighted by atomic mass is 9.98. The first-order valence-corrected chi connectivity index (χ1v) is 6.71. The van der Waals surface area contributed by atoms with Crippen LogP contribution >= 0.6 is 0 Å². The van der Waals surface area contributed by atoms with E-state index >= 15 is 0 Å². The summed E-state index contributed by atoms with van der Waals surface area (Å²) in [6.45, 7) is 7.82. The van der Waals surface area contributed by atoms with Gasteiger partial charge >= 0.3 is 0 Å². The quantitative estimate of drug-likeness (QED) is 0.864. The highest BCUT2D eigenvalue weighted by atomic mass is 15.1. The Hall–Kier alpha value is -0.860. The number of hydrogen-bond acceptors (Lipinski definition) is 2. The van der Waals surface area contributed by atoms with Gasteiger partial charge in [0.25, 0.3) is 0 Å². The van der Waals surface area contributed by atoms with Crippen molar-refractivity contribution >= 4 is 0 Å². The molecule has 0 amide bonds. The Morgan fingerprint density at radius 1 is 1.24 bits per heavy atom. The SMILES string of the molecule is CC(C)[C@@H](N)CCN1CCc2ccccc2C1. The molecule has 1 aliphatic heterocycles. The molecule has 0 fully saturated rings. The summed E-state index contributed by atoms with van der Waals surface area (Å²) in [5, 5.41) is 0. The molecular formula is C15H24N2. The fourth-order valence-electron chi connectivity index (χ4n) is 2.41.